The van der Waals surface area contributed by atoms with Crippen LogP contribution in [0.25, 0.3) is 0 Å². The molecule has 0 saturated carbocycles. The molecule has 220 valence electrons. The molecule has 0 spiro atoms. The van der Waals surface area contributed by atoms with Crippen molar-refractivity contribution in [1.29, 1.82) is 0 Å². The maximum atomic E-state index is 14.0. The predicted octanol–water partition coefficient (Wildman–Crippen LogP) is 4.40. The Morgan fingerprint density at radius 1 is 0.927 bits per heavy atom. The molecule has 2 amide bonds. The Hall–Kier alpha value is -3.92. The standard InChI is InChI=1S/C31H38FN3O5S/c1-5-40-28-17-15-27(16-18-28)35(41(4,38)39)22-30(36)34(21-25-11-13-26(32)14-12-25)29(31(37)33-20-23(2)3)19-24-9-7-6-8-10-24/h6-18,23,29H,5,19-22H2,1-4H3,(H,33,37). The summed E-state index contributed by atoms with van der Waals surface area (Å²) in [6, 6.07) is 20.4. The summed E-state index contributed by atoms with van der Waals surface area (Å²) in [6.45, 7) is 6.08. The van der Waals surface area contributed by atoms with E-state index < -0.39 is 34.3 Å². The lowest BCUT2D eigenvalue weighted by Crippen LogP contribution is -2.53. The van der Waals surface area contributed by atoms with Gasteiger partial charge in [-0.25, -0.2) is 12.8 Å². The monoisotopic (exact) mass is 583 g/mol. The Bertz CT molecular complexity index is 1380. The maximum absolute atomic E-state index is 14.0. The summed E-state index contributed by atoms with van der Waals surface area (Å²) in [6.07, 6.45) is 1.23. The van der Waals surface area contributed by atoms with Crippen LogP contribution in [0, 0.1) is 11.7 Å². The van der Waals surface area contributed by atoms with E-state index in [1.807, 2.05) is 51.1 Å². The van der Waals surface area contributed by atoms with Crippen molar-refractivity contribution < 1.29 is 27.1 Å². The summed E-state index contributed by atoms with van der Waals surface area (Å²) in [4.78, 5) is 29.0. The second-order valence-corrected chi connectivity index (χ2v) is 12.1. The van der Waals surface area contributed by atoms with Gasteiger partial charge in [-0.15, -0.1) is 0 Å². The van der Waals surface area contributed by atoms with Gasteiger partial charge in [0.15, 0.2) is 0 Å². The Labute approximate surface area is 242 Å². The third kappa shape index (κ3) is 9.60. The highest BCUT2D eigenvalue weighted by molar-refractivity contribution is 7.92. The van der Waals surface area contributed by atoms with Gasteiger partial charge in [0.2, 0.25) is 21.8 Å². The van der Waals surface area contributed by atoms with Gasteiger partial charge in [0.1, 0.15) is 24.2 Å². The van der Waals surface area contributed by atoms with E-state index in [1.165, 1.54) is 17.0 Å². The lowest BCUT2D eigenvalue weighted by atomic mass is 10.0. The van der Waals surface area contributed by atoms with E-state index in [9.17, 15) is 22.4 Å². The molecule has 0 heterocycles. The van der Waals surface area contributed by atoms with Gasteiger partial charge in [0.25, 0.3) is 0 Å². The summed E-state index contributed by atoms with van der Waals surface area (Å²) in [7, 11) is -3.88. The van der Waals surface area contributed by atoms with Crippen molar-refractivity contribution in [3.05, 3.63) is 95.8 Å². The predicted molar refractivity (Wildman–Crippen MR) is 159 cm³/mol. The molecule has 1 unspecified atom stereocenters. The van der Waals surface area contributed by atoms with E-state index in [0.717, 1.165) is 16.1 Å². The molecule has 0 aliphatic carbocycles. The summed E-state index contributed by atoms with van der Waals surface area (Å²) in [5.74, 6) is -0.614. The first-order chi connectivity index (χ1) is 19.5. The number of carbonyl (C=O) groups excluding carboxylic acids is 2. The molecule has 3 aromatic carbocycles. The summed E-state index contributed by atoms with van der Waals surface area (Å²) in [5, 5.41) is 2.93. The number of nitrogens with zero attached hydrogens (tertiary/aromatic N) is 2. The van der Waals surface area contributed by atoms with E-state index in [-0.39, 0.29) is 30.5 Å². The molecule has 3 aromatic rings. The van der Waals surface area contributed by atoms with Crippen molar-refractivity contribution in [2.45, 2.75) is 39.8 Å². The molecule has 10 heteroatoms. The fourth-order valence-electron chi connectivity index (χ4n) is 4.25. The zero-order valence-corrected chi connectivity index (χ0v) is 24.7. The molecular weight excluding hydrogens is 545 g/mol. The molecule has 0 aromatic heterocycles. The zero-order valence-electron chi connectivity index (χ0n) is 23.9. The average molecular weight is 584 g/mol. The third-order valence-corrected chi connectivity index (χ3v) is 7.48. The number of amides is 2. The molecule has 0 fully saturated rings. The number of sulfonamides is 1. The number of rotatable bonds is 14. The van der Waals surface area contributed by atoms with Gasteiger partial charge in [-0.1, -0.05) is 56.3 Å². The fourth-order valence-corrected chi connectivity index (χ4v) is 5.10. The Morgan fingerprint density at radius 3 is 2.12 bits per heavy atom. The maximum Gasteiger partial charge on any atom is 0.244 e. The van der Waals surface area contributed by atoms with E-state index in [0.29, 0.717) is 24.5 Å². The van der Waals surface area contributed by atoms with Gasteiger partial charge in [0.05, 0.1) is 18.6 Å². The minimum atomic E-state index is -3.88. The van der Waals surface area contributed by atoms with Crippen molar-refractivity contribution in [1.82, 2.24) is 10.2 Å². The average Bonchev–Trinajstić information content (AvgIpc) is 2.94. The van der Waals surface area contributed by atoms with Gasteiger partial charge in [-0.3, -0.25) is 13.9 Å². The van der Waals surface area contributed by atoms with Gasteiger partial charge in [0, 0.05) is 19.5 Å². The van der Waals surface area contributed by atoms with Crippen molar-refractivity contribution in [3.8, 4) is 5.75 Å². The number of benzene rings is 3. The first kappa shape index (κ1) is 31.6. The van der Waals surface area contributed by atoms with Crippen LogP contribution in [0.1, 0.15) is 31.9 Å². The normalized spacial score (nSPS) is 12.0. The van der Waals surface area contributed by atoms with Crippen LogP contribution in [0.3, 0.4) is 0 Å². The molecule has 8 nitrogen and oxygen atoms in total. The number of anilines is 1. The molecule has 0 radical (unpaired) electrons. The van der Waals surface area contributed by atoms with Crippen LogP contribution >= 0.6 is 0 Å². The van der Waals surface area contributed by atoms with Gasteiger partial charge < -0.3 is 15.0 Å². The van der Waals surface area contributed by atoms with E-state index >= 15 is 0 Å². The number of halogens is 1. The highest BCUT2D eigenvalue weighted by atomic mass is 32.2. The summed E-state index contributed by atoms with van der Waals surface area (Å²) >= 11 is 0. The minimum absolute atomic E-state index is 0.0212. The van der Waals surface area contributed by atoms with E-state index in [2.05, 4.69) is 5.32 Å². The Balaban J connectivity index is 2.02. The van der Waals surface area contributed by atoms with Crippen LogP contribution < -0.4 is 14.4 Å². The van der Waals surface area contributed by atoms with Crippen molar-refractivity contribution in [3.63, 3.8) is 0 Å². The minimum Gasteiger partial charge on any atom is -0.494 e. The molecule has 0 aliphatic heterocycles. The first-order valence-corrected chi connectivity index (χ1v) is 15.4. The molecule has 1 N–H and O–H groups in total. The number of hydrogen-bond acceptors (Lipinski definition) is 5. The molecule has 0 aliphatic rings. The third-order valence-electron chi connectivity index (χ3n) is 6.34. The number of ether oxygens (including phenoxy) is 1. The summed E-state index contributed by atoms with van der Waals surface area (Å²) in [5.41, 5.74) is 1.72. The van der Waals surface area contributed by atoms with Crippen molar-refractivity contribution in [2.75, 3.05) is 30.3 Å². The number of hydrogen-bond donors (Lipinski definition) is 1. The van der Waals surface area contributed by atoms with Crippen LogP contribution in [0.4, 0.5) is 10.1 Å². The highest BCUT2D eigenvalue weighted by Crippen LogP contribution is 2.23. The Morgan fingerprint density at radius 2 is 1.56 bits per heavy atom. The molecular formula is C31H38FN3O5S. The van der Waals surface area contributed by atoms with Gasteiger partial charge in [-0.2, -0.15) is 0 Å². The van der Waals surface area contributed by atoms with Gasteiger partial charge in [-0.05, 0) is 60.4 Å². The Kier molecular flexibility index (Phi) is 11.3. The number of carbonyl (C=O) groups is 2. The smallest absolute Gasteiger partial charge is 0.244 e. The second-order valence-electron chi connectivity index (χ2n) is 10.2. The van der Waals surface area contributed by atoms with Crippen LogP contribution in [0.2, 0.25) is 0 Å². The zero-order chi connectivity index (χ0) is 30.0. The lowest BCUT2D eigenvalue weighted by Gasteiger charge is -2.33. The summed E-state index contributed by atoms with van der Waals surface area (Å²) < 4.78 is 45.9. The molecule has 3 rings (SSSR count). The first-order valence-electron chi connectivity index (χ1n) is 13.5. The number of nitrogens with one attached hydrogen (secondary N) is 1. The van der Waals surface area contributed by atoms with Crippen LogP contribution in [-0.2, 0) is 32.6 Å². The van der Waals surface area contributed by atoms with E-state index in [4.69, 9.17) is 4.74 Å². The highest BCUT2D eigenvalue weighted by Gasteiger charge is 2.33. The van der Waals surface area contributed by atoms with Crippen LogP contribution in [0.5, 0.6) is 5.75 Å². The van der Waals surface area contributed by atoms with Crippen molar-refractivity contribution >= 4 is 27.5 Å². The fraction of sp³-hybridized carbons (Fsp3) is 0.355. The molecule has 0 saturated heterocycles. The lowest BCUT2D eigenvalue weighted by molar-refractivity contribution is -0.140. The van der Waals surface area contributed by atoms with Crippen molar-refractivity contribution in [2.24, 2.45) is 5.92 Å². The topological polar surface area (TPSA) is 96.0 Å². The van der Waals surface area contributed by atoms with Gasteiger partial charge >= 0.3 is 0 Å². The SMILES string of the molecule is CCOc1ccc(N(CC(=O)N(Cc2ccc(F)cc2)C(Cc2ccccc2)C(=O)NCC(C)C)S(C)(=O)=O)cc1. The van der Waals surface area contributed by atoms with E-state index in [1.54, 1.807) is 36.4 Å². The molecule has 0 bridgehead atoms. The van der Waals surface area contributed by atoms with Crippen LogP contribution in [-0.4, -0.2) is 57.1 Å². The molecule has 1 atom stereocenters. The largest absolute Gasteiger partial charge is 0.494 e. The second kappa shape index (κ2) is 14.6. The van der Waals surface area contributed by atoms with Crippen LogP contribution in [0.15, 0.2) is 78.9 Å². The quantitative estimate of drug-likeness (QED) is 0.304. The molecule has 41 heavy (non-hydrogen) atoms.